The summed E-state index contributed by atoms with van der Waals surface area (Å²) in [5, 5.41) is 3.36. The number of nitrogens with one attached hydrogen (secondary N) is 2. The normalized spacial score (nSPS) is 13.6. The number of hydrogen-bond acceptors (Lipinski definition) is 3. The van der Waals surface area contributed by atoms with Crippen LogP contribution in [0.15, 0.2) is 54.6 Å². The summed E-state index contributed by atoms with van der Waals surface area (Å²) in [5.41, 5.74) is 4.60. The Morgan fingerprint density at radius 1 is 1.04 bits per heavy atom. The second-order valence-electron chi connectivity index (χ2n) is 5.74. The van der Waals surface area contributed by atoms with Crippen LogP contribution in [0.25, 0.3) is 11.4 Å². The summed E-state index contributed by atoms with van der Waals surface area (Å²) >= 11 is 0. The number of imidazole rings is 1. The largest absolute Gasteiger partial charge is 0.489 e. The van der Waals surface area contributed by atoms with Gasteiger partial charge in [0.15, 0.2) is 0 Å². The minimum Gasteiger partial charge on any atom is -0.489 e. The number of hydrogen-bond donors (Lipinski definition) is 2. The van der Waals surface area contributed by atoms with Gasteiger partial charge in [0, 0.05) is 25.1 Å². The number of benzene rings is 2. The Kier molecular flexibility index (Phi) is 3.82. The first-order valence-electron chi connectivity index (χ1n) is 7.94. The van der Waals surface area contributed by atoms with E-state index in [2.05, 4.69) is 28.5 Å². The van der Waals surface area contributed by atoms with Gasteiger partial charge in [0.2, 0.25) is 0 Å². The molecule has 0 amide bonds. The number of aromatic amines is 1. The molecule has 0 bridgehead atoms. The third-order valence-corrected chi connectivity index (χ3v) is 4.06. The lowest BCUT2D eigenvalue weighted by Gasteiger charge is -2.09. The lowest BCUT2D eigenvalue weighted by atomic mass is 10.2. The Morgan fingerprint density at radius 3 is 2.83 bits per heavy atom. The monoisotopic (exact) mass is 305 g/mol. The van der Waals surface area contributed by atoms with Gasteiger partial charge in [-0.1, -0.05) is 42.5 Å². The van der Waals surface area contributed by atoms with Gasteiger partial charge in [-0.15, -0.1) is 0 Å². The maximum absolute atomic E-state index is 5.90. The highest BCUT2D eigenvalue weighted by Crippen LogP contribution is 2.24. The second kappa shape index (κ2) is 6.26. The van der Waals surface area contributed by atoms with Gasteiger partial charge >= 0.3 is 0 Å². The predicted molar refractivity (Wildman–Crippen MR) is 90.2 cm³/mol. The highest BCUT2D eigenvalue weighted by atomic mass is 16.5. The van der Waals surface area contributed by atoms with E-state index in [9.17, 15) is 0 Å². The van der Waals surface area contributed by atoms with Crippen molar-refractivity contribution in [1.82, 2.24) is 15.3 Å². The van der Waals surface area contributed by atoms with Crippen molar-refractivity contribution in [3.05, 3.63) is 71.5 Å². The Bertz CT molecular complexity index is 772. The summed E-state index contributed by atoms with van der Waals surface area (Å²) in [6.45, 7) is 2.44. The van der Waals surface area contributed by atoms with E-state index >= 15 is 0 Å². The van der Waals surface area contributed by atoms with Crippen LogP contribution in [0.5, 0.6) is 5.75 Å². The second-order valence-corrected chi connectivity index (χ2v) is 5.74. The molecule has 0 saturated heterocycles. The summed E-state index contributed by atoms with van der Waals surface area (Å²) in [6, 6.07) is 18.3. The van der Waals surface area contributed by atoms with E-state index in [4.69, 9.17) is 9.72 Å². The zero-order chi connectivity index (χ0) is 15.5. The maximum atomic E-state index is 5.90. The van der Waals surface area contributed by atoms with E-state index < -0.39 is 0 Å². The molecular weight excluding hydrogens is 286 g/mol. The van der Waals surface area contributed by atoms with Gasteiger partial charge in [0.1, 0.15) is 18.2 Å². The lowest BCUT2D eigenvalue weighted by molar-refractivity contribution is 0.306. The Balaban J connectivity index is 1.53. The molecule has 0 unspecified atom stereocenters. The molecule has 23 heavy (non-hydrogen) atoms. The van der Waals surface area contributed by atoms with E-state index in [-0.39, 0.29) is 0 Å². The standard InChI is InChI=1S/C19H19N3O/c1-2-5-14(6-3-1)13-23-16-8-4-7-15(11-16)19-21-17-9-10-20-12-18(17)22-19/h1-8,11,20H,9-10,12-13H2,(H,21,22). The van der Waals surface area contributed by atoms with Crippen molar-refractivity contribution in [1.29, 1.82) is 0 Å². The van der Waals surface area contributed by atoms with E-state index in [0.29, 0.717) is 6.61 Å². The summed E-state index contributed by atoms with van der Waals surface area (Å²) in [4.78, 5) is 8.15. The molecule has 4 rings (SSSR count). The third kappa shape index (κ3) is 3.12. The van der Waals surface area contributed by atoms with Gasteiger partial charge in [-0.2, -0.15) is 0 Å². The van der Waals surface area contributed by atoms with Crippen LogP contribution in [0.4, 0.5) is 0 Å². The summed E-state index contributed by atoms with van der Waals surface area (Å²) in [6.07, 6.45) is 0.982. The summed E-state index contributed by atoms with van der Waals surface area (Å²) < 4.78 is 5.90. The van der Waals surface area contributed by atoms with Crippen molar-refractivity contribution in [2.45, 2.75) is 19.6 Å². The molecule has 2 heterocycles. The van der Waals surface area contributed by atoms with Gasteiger partial charge in [-0.3, -0.25) is 0 Å². The molecule has 3 aromatic rings. The van der Waals surface area contributed by atoms with Crippen LogP contribution in [-0.4, -0.2) is 16.5 Å². The SMILES string of the molecule is c1ccc(COc2cccc(-c3nc4c([nH]3)CNCC4)c2)cc1. The highest BCUT2D eigenvalue weighted by molar-refractivity contribution is 5.58. The zero-order valence-electron chi connectivity index (χ0n) is 12.9. The molecule has 2 N–H and O–H groups in total. The quantitative estimate of drug-likeness (QED) is 0.777. The molecule has 116 valence electrons. The van der Waals surface area contributed by atoms with Gasteiger partial charge in [0.05, 0.1) is 11.4 Å². The van der Waals surface area contributed by atoms with E-state index in [1.54, 1.807) is 0 Å². The molecule has 1 aliphatic rings. The van der Waals surface area contributed by atoms with Crippen molar-refractivity contribution in [3.8, 4) is 17.1 Å². The number of rotatable bonds is 4. The molecule has 0 radical (unpaired) electrons. The summed E-state index contributed by atoms with van der Waals surface area (Å²) in [5.74, 6) is 1.78. The average Bonchev–Trinajstić information content (AvgIpc) is 3.05. The first-order chi connectivity index (χ1) is 11.4. The zero-order valence-corrected chi connectivity index (χ0v) is 12.9. The van der Waals surface area contributed by atoms with Crippen molar-refractivity contribution in [3.63, 3.8) is 0 Å². The minimum atomic E-state index is 0.572. The topological polar surface area (TPSA) is 49.9 Å². The fourth-order valence-corrected chi connectivity index (χ4v) is 2.83. The lowest BCUT2D eigenvalue weighted by Crippen LogP contribution is -2.23. The Morgan fingerprint density at radius 2 is 1.96 bits per heavy atom. The molecule has 0 fully saturated rings. The van der Waals surface area contributed by atoms with Crippen LogP contribution >= 0.6 is 0 Å². The van der Waals surface area contributed by atoms with Gasteiger partial charge < -0.3 is 15.0 Å². The smallest absolute Gasteiger partial charge is 0.137 e. The fraction of sp³-hybridized carbons (Fsp3) is 0.211. The van der Waals surface area contributed by atoms with E-state index in [0.717, 1.165) is 42.2 Å². The highest BCUT2D eigenvalue weighted by Gasteiger charge is 2.14. The summed E-state index contributed by atoms with van der Waals surface area (Å²) in [7, 11) is 0. The van der Waals surface area contributed by atoms with Crippen LogP contribution in [0.1, 0.15) is 17.0 Å². The van der Waals surface area contributed by atoms with Crippen LogP contribution < -0.4 is 10.1 Å². The third-order valence-electron chi connectivity index (χ3n) is 4.06. The van der Waals surface area contributed by atoms with Crippen LogP contribution in [0.2, 0.25) is 0 Å². The maximum Gasteiger partial charge on any atom is 0.137 e. The molecule has 1 aliphatic heterocycles. The fourth-order valence-electron chi connectivity index (χ4n) is 2.83. The Labute approximate surface area is 135 Å². The molecule has 1 aromatic heterocycles. The first kappa shape index (κ1) is 14.0. The molecule has 0 saturated carbocycles. The van der Waals surface area contributed by atoms with Gasteiger partial charge in [0.25, 0.3) is 0 Å². The average molecular weight is 305 g/mol. The first-order valence-corrected chi connectivity index (χ1v) is 7.94. The van der Waals surface area contributed by atoms with Crippen LogP contribution in [0, 0.1) is 0 Å². The number of nitrogens with zero attached hydrogens (tertiary/aromatic N) is 1. The molecule has 0 aliphatic carbocycles. The van der Waals surface area contributed by atoms with Crippen molar-refractivity contribution in [2.24, 2.45) is 0 Å². The van der Waals surface area contributed by atoms with Crippen molar-refractivity contribution < 1.29 is 4.74 Å². The van der Waals surface area contributed by atoms with Gasteiger partial charge in [-0.05, 0) is 17.7 Å². The van der Waals surface area contributed by atoms with E-state index in [1.807, 2.05) is 36.4 Å². The van der Waals surface area contributed by atoms with Crippen LogP contribution in [0.3, 0.4) is 0 Å². The number of H-pyrrole nitrogens is 1. The molecular formula is C19H19N3O. The van der Waals surface area contributed by atoms with E-state index in [1.165, 1.54) is 11.4 Å². The molecule has 0 atom stereocenters. The number of aromatic nitrogens is 2. The van der Waals surface area contributed by atoms with Crippen LogP contribution in [-0.2, 0) is 19.6 Å². The number of fused-ring (bicyclic) bond motifs is 1. The van der Waals surface area contributed by atoms with Gasteiger partial charge in [-0.25, -0.2) is 4.98 Å². The minimum absolute atomic E-state index is 0.572. The molecule has 2 aromatic carbocycles. The molecule has 4 nitrogen and oxygen atoms in total. The van der Waals surface area contributed by atoms with Crippen molar-refractivity contribution >= 4 is 0 Å². The molecule has 0 spiro atoms. The molecule has 4 heteroatoms. The van der Waals surface area contributed by atoms with Crippen molar-refractivity contribution in [2.75, 3.05) is 6.54 Å². The Hall–Kier alpha value is -2.59. The number of ether oxygens (including phenoxy) is 1. The predicted octanol–water partition coefficient (Wildman–Crippen LogP) is 3.30.